The van der Waals surface area contributed by atoms with E-state index in [0.717, 1.165) is 0 Å². The molecule has 0 spiro atoms. The van der Waals surface area contributed by atoms with E-state index in [1.165, 1.54) is 18.0 Å². The number of benzene rings is 1. The van der Waals surface area contributed by atoms with Gasteiger partial charge in [-0.05, 0) is 12.5 Å². The van der Waals surface area contributed by atoms with Gasteiger partial charge in [0, 0.05) is 38.3 Å². The van der Waals surface area contributed by atoms with Crippen LogP contribution in [0, 0.1) is 0 Å². The number of hydrogen-bond donors (Lipinski definition) is 2. The Balaban J connectivity index is 0.00000420. The van der Waals surface area contributed by atoms with Gasteiger partial charge >= 0.3 is 12.4 Å². The van der Waals surface area contributed by atoms with E-state index < -0.39 is 25.5 Å². The molecule has 2 N–H and O–H groups in total. The van der Waals surface area contributed by atoms with Crippen molar-refractivity contribution in [1.29, 1.82) is 0 Å². The number of guanidine groups is 1. The fourth-order valence-corrected chi connectivity index (χ4v) is 2.86. The Morgan fingerprint density at radius 1 is 1.17 bits per heavy atom. The predicted octanol–water partition coefficient (Wildman–Crippen LogP) is 3.55. The van der Waals surface area contributed by atoms with Crippen molar-refractivity contribution in [2.24, 2.45) is 4.99 Å². The highest BCUT2D eigenvalue weighted by molar-refractivity contribution is 14.0. The highest BCUT2D eigenvalue weighted by Crippen LogP contribution is 2.22. The lowest BCUT2D eigenvalue weighted by atomic mass is 10.2. The average molecular weight is 540 g/mol. The van der Waals surface area contributed by atoms with Crippen molar-refractivity contribution in [3.05, 3.63) is 29.8 Å². The van der Waals surface area contributed by atoms with Gasteiger partial charge in [0.05, 0.1) is 6.54 Å². The van der Waals surface area contributed by atoms with Crippen LogP contribution in [-0.2, 0) is 6.54 Å². The van der Waals surface area contributed by atoms with Crippen molar-refractivity contribution in [3.8, 4) is 5.75 Å². The van der Waals surface area contributed by atoms with Gasteiger partial charge < -0.3 is 15.4 Å². The molecule has 0 radical (unpaired) electrons. The number of para-hydroxylation sites is 1. The van der Waals surface area contributed by atoms with E-state index >= 15 is 0 Å². The second-order valence-electron chi connectivity index (χ2n) is 6.42. The largest absolute Gasteiger partial charge is 0.484 e. The molecule has 1 aliphatic rings. The lowest BCUT2D eigenvalue weighted by Crippen LogP contribution is -2.45. The third kappa shape index (κ3) is 9.74. The first-order valence-electron chi connectivity index (χ1n) is 8.59. The van der Waals surface area contributed by atoms with Gasteiger partial charge in [0.2, 0.25) is 0 Å². The molecule has 0 amide bonds. The molecular weight excluding hydrogens is 517 g/mol. The van der Waals surface area contributed by atoms with E-state index in [1.807, 2.05) is 0 Å². The minimum Gasteiger partial charge on any atom is -0.484 e. The van der Waals surface area contributed by atoms with Gasteiger partial charge in [-0.3, -0.25) is 9.89 Å². The number of halogens is 7. The number of rotatable bonds is 6. The molecule has 0 saturated carbocycles. The van der Waals surface area contributed by atoms with Crippen LogP contribution in [0.5, 0.6) is 5.75 Å². The molecule has 1 aliphatic heterocycles. The molecule has 0 aromatic heterocycles. The number of likely N-dealkylation sites (tertiary alicyclic amines) is 1. The summed E-state index contributed by atoms with van der Waals surface area (Å²) in [5.41, 5.74) is 0.500. The second-order valence-corrected chi connectivity index (χ2v) is 6.42. The Kier molecular flexibility index (Phi) is 9.79. The molecule has 1 heterocycles. The molecule has 1 unspecified atom stereocenters. The molecule has 1 saturated heterocycles. The normalized spacial score (nSPS) is 18.3. The van der Waals surface area contributed by atoms with Gasteiger partial charge in [-0.25, -0.2) is 0 Å². The molecule has 1 aromatic carbocycles. The zero-order valence-corrected chi connectivity index (χ0v) is 17.9. The molecule has 166 valence electrons. The maximum absolute atomic E-state index is 12.5. The fraction of sp³-hybridized carbons (Fsp3) is 0.588. The number of hydrogen-bond acceptors (Lipinski definition) is 3. The second kappa shape index (κ2) is 11.1. The molecule has 2 rings (SSSR count). The van der Waals surface area contributed by atoms with Crippen LogP contribution in [0.4, 0.5) is 26.3 Å². The minimum atomic E-state index is -4.44. The van der Waals surface area contributed by atoms with Crippen molar-refractivity contribution >= 4 is 29.9 Å². The summed E-state index contributed by atoms with van der Waals surface area (Å²) < 4.78 is 79.3. The SMILES string of the molecule is CN=C(NCc1ccccc1OCC(F)(F)F)NC1CCN(CC(F)(F)F)C1.I. The maximum atomic E-state index is 12.5. The third-order valence-corrected chi connectivity index (χ3v) is 4.05. The lowest BCUT2D eigenvalue weighted by Gasteiger charge is -2.20. The smallest absolute Gasteiger partial charge is 0.422 e. The highest BCUT2D eigenvalue weighted by atomic mass is 127. The molecule has 1 aromatic rings. The zero-order chi connectivity index (χ0) is 20.8. The highest BCUT2D eigenvalue weighted by Gasteiger charge is 2.34. The molecule has 12 heteroatoms. The standard InChI is InChI=1S/C17H22F6N4O.HI/c1-24-15(26-13-6-7-27(9-13)10-16(18,19)20)25-8-12-4-2-3-5-14(12)28-11-17(21,22)23;/h2-5,13H,6-11H2,1H3,(H2,24,25,26);1H. The maximum Gasteiger partial charge on any atom is 0.422 e. The Morgan fingerprint density at radius 2 is 1.86 bits per heavy atom. The molecule has 0 aliphatic carbocycles. The summed E-state index contributed by atoms with van der Waals surface area (Å²) in [6, 6.07) is 6.08. The first-order valence-corrected chi connectivity index (χ1v) is 8.59. The lowest BCUT2D eigenvalue weighted by molar-refractivity contribution is -0.153. The Morgan fingerprint density at radius 3 is 2.48 bits per heavy atom. The van der Waals surface area contributed by atoms with E-state index in [4.69, 9.17) is 4.74 Å². The first kappa shape index (κ1) is 25.6. The number of aliphatic imine (C=N–C) groups is 1. The minimum absolute atomic E-state index is 0. The molecule has 0 bridgehead atoms. The van der Waals surface area contributed by atoms with E-state index in [2.05, 4.69) is 15.6 Å². The summed E-state index contributed by atoms with van der Waals surface area (Å²) in [6.45, 7) is -1.66. The van der Waals surface area contributed by atoms with Crippen molar-refractivity contribution in [1.82, 2.24) is 15.5 Å². The van der Waals surface area contributed by atoms with Crippen LogP contribution in [0.1, 0.15) is 12.0 Å². The van der Waals surface area contributed by atoms with Gasteiger partial charge in [0.15, 0.2) is 12.6 Å². The quantitative estimate of drug-likeness (QED) is 0.251. The Hall–Kier alpha value is -1.44. The summed E-state index contributed by atoms with van der Waals surface area (Å²) >= 11 is 0. The van der Waals surface area contributed by atoms with Crippen LogP contribution in [-0.4, -0.2) is 62.5 Å². The fourth-order valence-electron chi connectivity index (χ4n) is 2.86. The summed E-state index contributed by atoms with van der Waals surface area (Å²) in [4.78, 5) is 5.32. The van der Waals surface area contributed by atoms with E-state index in [9.17, 15) is 26.3 Å². The topological polar surface area (TPSA) is 48.9 Å². The molecule has 1 atom stereocenters. The number of ether oxygens (including phenoxy) is 1. The van der Waals surface area contributed by atoms with Gasteiger partial charge in [-0.15, -0.1) is 24.0 Å². The van der Waals surface area contributed by atoms with Crippen LogP contribution in [0.2, 0.25) is 0 Å². The van der Waals surface area contributed by atoms with Crippen LogP contribution in [0.3, 0.4) is 0 Å². The van der Waals surface area contributed by atoms with Crippen LogP contribution >= 0.6 is 24.0 Å². The van der Waals surface area contributed by atoms with Crippen LogP contribution in [0.25, 0.3) is 0 Å². The van der Waals surface area contributed by atoms with Gasteiger partial charge in [-0.1, -0.05) is 18.2 Å². The first-order chi connectivity index (χ1) is 13.1. The number of alkyl halides is 6. The predicted molar refractivity (Wildman–Crippen MR) is 108 cm³/mol. The van der Waals surface area contributed by atoms with E-state index in [0.29, 0.717) is 24.5 Å². The van der Waals surface area contributed by atoms with Gasteiger partial charge in [0.25, 0.3) is 0 Å². The number of nitrogens with zero attached hydrogens (tertiary/aromatic N) is 2. The summed E-state index contributed by atoms with van der Waals surface area (Å²) in [7, 11) is 1.50. The summed E-state index contributed by atoms with van der Waals surface area (Å²) in [5, 5.41) is 5.99. The molecule has 5 nitrogen and oxygen atoms in total. The Labute approximate surface area is 181 Å². The average Bonchev–Trinajstić information content (AvgIpc) is 3.01. The molecule has 1 fully saturated rings. The summed E-state index contributed by atoms with van der Waals surface area (Å²) in [6.07, 6.45) is -8.15. The van der Waals surface area contributed by atoms with Crippen molar-refractivity contribution < 1.29 is 31.1 Å². The molecule has 29 heavy (non-hydrogen) atoms. The monoisotopic (exact) mass is 540 g/mol. The zero-order valence-electron chi connectivity index (χ0n) is 15.6. The van der Waals surface area contributed by atoms with Crippen molar-refractivity contribution in [2.45, 2.75) is 31.4 Å². The molecular formula is C17H23F6IN4O. The Bertz CT molecular complexity index is 668. The van der Waals surface area contributed by atoms with Crippen LogP contribution < -0.4 is 15.4 Å². The van der Waals surface area contributed by atoms with Crippen LogP contribution in [0.15, 0.2) is 29.3 Å². The third-order valence-electron chi connectivity index (χ3n) is 4.05. The van der Waals surface area contributed by atoms with Gasteiger partial charge in [-0.2, -0.15) is 26.3 Å². The van der Waals surface area contributed by atoms with Gasteiger partial charge in [0.1, 0.15) is 5.75 Å². The summed E-state index contributed by atoms with van der Waals surface area (Å²) in [5.74, 6) is 0.449. The van der Waals surface area contributed by atoms with Crippen molar-refractivity contribution in [3.63, 3.8) is 0 Å². The van der Waals surface area contributed by atoms with E-state index in [-0.39, 0.29) is 48.9 Å². The number of nitrogens with one attached hydrogen (secondary N) is 2. The van der Waals surface area contributed by atoms with Crippen molar-refractivity contribution in [2.75, 3.05) is 33.3 Å². The van der Waals surface area contributed by atoms with E-state index in [1.54, 1.807) is 18.2 Å².